The molecule has 1 amide bonds. The summed E-state index contributed by atoms with van der Waals surface area (Å²) in [7, 11) is 2.03. The highest BCUT2D eigenvalue weighted by molar-refractivity contribution is 7.14. The molecule has 138 valence electrons. The van der Waals surface area contributed by atoms with Gasteiger partial charge in [-0.05, 0) is 64.1 Å². The van der Waals surface area contributed by atoms with E-state index in [-0.39, 0.29) is 11.9 Å². The number of aryl methyl sites for hydroxylation is 2. The van der Waals surface area contributed by atoms with Crippen molar-refractivity contribution in [2.75, 3.05) is 26.7 Å². The molecule has 2 aliphatic rings. The van der Waals surface area contributed by atoms with Crippen LogP contribution in [-0.2, 0) is 22.4 Å². The fourth-order valence-electron chi connectivity index (χ4n) is 3.71. The fourth-order valence-corrected chi connectivity index (χ4v) is 4.86. The van der Waals surface area contributed by atoms with Crippen molar-refractivity contribution in [3.63, 3.8) is 0 Å². The van der Waals surface area contributed by atoms with Gasteiger partial charge in [0.15, 0.2) is 0 Å². The Morgan fingerprint density at radius 1 is 1.24 bits per heavy atom. The van der Waals surface area contributed by atoms with E-state index in [1.54, 1.807) is 18.3 Å². The second kappa shape index (κ2) is 7.87. The zero-order valence-electron chi connectivity index (χ0n) is 15.2. The average Bonchev–Trinajstić information content (AvgIpc) is 2.88. The molecule has 0 unspecified atom stereocenters. The highest BCUT2D eigenvalue weighted by atomic mass is 32.1. The number of hydrogen-bond acceptors (Lipinski definition) is 5. The van der Waals surface area contributed by atoms with Crippen LogP contribution in [0.15, 0.2) is 6.07 Å². The maximum atomic E-state index is 12.9. The number of piperidine rings is 1. The first kappa shape index (κ1) is 18.4. The van der Waals surface area contributed by atoms with E-state index in [4.69, 9.17) is 4.74 Å². The number of carbonyl (C=O) groups excluding carboxylic acids is 2. The molecule has 5 nitrogen and oxygen atoms in total. The second-order valence-corrected chi connectivity index (χ2v) is 8.32. The van der Waals surface area contributed by atoms with E-state index in [1.165, 1.54) is 29.7 Å². The number of amides is 1. The van der Waals surface area contributed by atoms with Gasteiger partial charge in [0.1, 0.15) is 5.54 Å². The van der Waals surface area contributed by atoms with E-state index in [9.17, 15) is 9.59 Å². The molecule has 1 N–H and O–H groups in total. The van der Waals surface area contributed by atoms with Crippen molar-refractivity contribution in [3.05, 3.63) is 21.4 Å². The zero-order valence-corrected chi connectivity index (χ0v) is 16.0. The van der Waals surface area contributed by atoms with Crippen molar-refractivity contribution in [1.29, 1.82) is 0 Å². The number of thiophene rings is 1. The monoisotopic (exact) mass is 364 g/mol. The molecule has 0 bridgehead atoms. The molecule has 1 aromatic rings. The zero-order chi connectivity index (χ0) is 17.9. The van der Waals surface area contributed by atoms with E-state index in [2.05, 4.69) is 10.2 Å². The van der Waals surface area contributed by atoms with E-state index in [0.717, 1.165) is 30.8 Å². The van der Waals surface area contributed by atoms with Gasteiger partial charge in [-0.25, -0.2) is 4.79 Å². The van der Waals surface area contributed by atoms with Crippen LogP contribution in [0.2, 0.25) is 0 Å². The molecular weight excluding hydrogens is 336 g/mol. The molecule has 1 saturated heterocycles. The molecule has 0 aromatic carbocycles. The molecule has 0 saturated carbocycles. The maximum absolute atomic E-state index is 12.9. The first-order chi connectivity index (χ1) is 12.0. The lowest BCUT2D eigenvalue weighted by Crippen LogP contribution is -2.60. The number of hydrogen-bond donors (Lipinski definition) is 1. The molecule has 2 heterocycles. The van der Waals surface area contributed by atoms with Crippen LogP contribution < -0.4 is 5.32 Å². The number of ether oxygens (including phenoxy) is 1. The van der Waals surface area contributed by atoms with Crippen LogP contribution in [0.1, 0.15) is 59.1 Å². The lowest BCUT2D eigenvalue weighted by Gasteiger charge is -2.38. The molecular formula is C19H28N2O3S. The van der Waals surface area contributed by atoms with Gasteiger partial charge >= 0.3 is 5.97 Å². The topological polar surface area (TPSA) is 58.6 Å². The fraction of sp³-hybridized carbons (Fsp3) is 0.684. The number of carbonyl (C=O) groups is 2. The third-order valence-corrected chi connectivity index (χ3v) is 6.57. The Bertz CT molecular complexity index is 609. The lowest BCUT2D eigenvalue weighted by atomic mass is 9.87. The van der Waals surface area contributed by atoms with E-state index < -0.39 is 5.54 Å². The molecule has 0 atom stereocenters. The second-order valence-electron chi connectivity index (χ2n) is 7.18. The third kappa shape index (κ3) is 4.06. The Hall–Kier alpha value is -1.40. The quantitative estimate of drug-likeness (QED) is 0.659. The Balaban J connectivity index is 1.77. The summed E-state index contributed by atoms with van der Waals surface area (Å²) in [5.74, 6) is -0.426. The summed E-state index contributed by atoms with van der Waals surface area (Å²) >= 11 is 1.60. The van der Waals surface area contributed by atoms with Crippen LogP contribution in [0.25, 0.3) is 0 Å². The first-order valence-electron chi connectivity index (χ1n) is 9.34. The molecule has 1 aromatic heterocycles. The van der Waals surface area contributed by atoms with Crippen LogP contribution in [0, 0.1) is 0 Å². The standard InChI is InChI=1S/C19H28N2O3S/c1-3-24-18(23)19(9-11-21(2)12-10-19)20-17(22)16-13-14-7-5-4-6-8-15(14)25-16/h13H,3-12H2,1-2H3,(H,20,22). The summed E-state index contributed by atoms with van der Waals surface area (Å²) in [6.07, 6.45) is 6.99. The van der Waals surface area contributed by atoms with E-state index in [0.29, 0.717) is 19.4 Å². The smallest absolute Gasteiger partial charge is 0.331 e. The van der Waals surface area contributed by atoms with Crippen molar-refractivity contribution < 1.29 is 14.3 Å². The largest absolute Gasteiger partial charge is 0.464 e. The third-order valence-electron chi connectivity index (χ3n) is 5.33. The van der Waals surface area contributed by atoms with Crippen LogP contribution in [0.4, 0.5) is 0 Å². The van der Waals surface area contributed by atoms with Crippen LogP contribution >= 0.6 is 11.3 Å². The molecule has 3 rings (SSSR count). The number of esters is 1. The summed E-state index contributed by atoms with van der Waals surface area (Å²) < 4.78 is 5.29. The minimum Gasteiger partial charge on any atom is -0.464 e. The predicted molar refractivity (Wildman–Crippen MR) is 99.1 cm³/mol. The van der Waals surface area contributed by atoms with Gasteiger partial charge in [-0.3, -0.25) is 4.79 Å². The van der Waals surface area contributed by atoms with Crippen molar-refractivity contribution in [1.82, 2.24) is 10.2 Å². The van der Waals surface area contributed by atoms with Crippen LogP contribution in [0.5, 0.6) is 0 Å². The van der Waals surface area contributed by atoms with Crippen LogP contribution in [0.3, 0.4) is 0 Å². The molecule has 6 heteroatoms. The molecule has 0 spiro atoms. The highest BCUT2D eigenvalue weighted by Crippen LogP contribution is 2.30. The maximum Gasteiger partial charge on any atom is 0.331 e. The van der Waals surface area contributed by atoms with Gasteiger partial charge in [-0.2, -0.15) is 0 Å². The Morgan fingerprint density at radius 3 is 2.68 bits per heavy atom. The average molecular weight is 365 g/mol. The Morgan fingerprint density at radius 2 is 1.96 bits per heavy atom. The molecule has 0 radical (unpaired) electrons. The van der Waals surface area contributed by atoms with Gasteiger partial charge in [0.2, 0.25) is 0 Å². The summed E-state index contributed by atoms with van der Waals surface area (Å²) in [4.78, 5) is 29.7. The molecule has 1 aliphatic carbocycles. The first-order valence-corrected chi connectivity index (χ1v) is 10.2. The minimum atomic E-state index is -0.888. The predicted octanol–water partition coefficient (Wildman–Crippen LogP) is 2.77. The van der Waals surface area contributed by atoms with Crippen molar-refractivity contribution in [3.8, 4) is 0 Å². The molecule has 25 heavy (non-hydrogen) atoms. The number of nitrogens with zero attached hydrogens (tertiary/aromatic N) is 1. The van der Waals surface area contributed by atoms with Gasteiger partial charge < -0.3 is 15.0 Å². The Labute approximate surface area is 153 Å². The highest BCUT2D eigenvalue weighted by Gasteiger charge is 2.43. The number of fused-ring (bicyclic) bond motifs is 1. The van der Waals surface area contributed by atoms with Gasteiger partial charge in [0.05, 0.1) is 11.5 Å². The number of likely N-dealkylation sites (tertiary alicyclic amines) is 1. The minimum absolute atomic E-state index is 0.129. The van der Waals surface area contributed by atoms with Gasteiger partial charge in [0.25, 0.3) is 5.91 Å². The summed E-state index contributed by atoms with van der Waals surface area (Å²) in [6.45, 7) is 3.69. The van der Waals surface area contributed by atoms with Gasteiger partial charge in [-0.15, -0.1) is 11.3 Å². The number of rotatable bonds is 4. The lowest BCUT2D eigenvalue weighted by molar-refractivity contribution is -0.152. The molecule has 1 fully saturated rings. The summed E-state index contributed by atoms with van der Waals surface area (Å²) in [6, 6.07) is 2.04. The SMILES string of the molecule is CCOC(=O)C1(NC(=O)c2cc3c(s2)CCCCC3)CCN(C)CC1. The van der Waals surface area contributed by atoms with E-state index in [1.807, 2.05) is 13.1 Å². The normalized spacial score (nSPS) is 20.4. The summed E-state index contributed by atoms with van der Waals surface area (Å²) in [5.41, 5.74) is 0.433. The Kier molecular flexibility index (Phi) is 5.79. The van der Waals surface area contributed by atoms with Crippen molar-refractivity contribution in [2.24, 2.45) is 0 Å². The van der Waals surface area contributed by atoms with Crippen molar-refractivity contribution in [2.45, 2.75) is 57.4 Å². The molecule has 1 aliphatic heterocycles. The van der Waals surface area contributed by atoms with Crippen molar-refractivity contribution >= 4 is 23.2 Å². The van der Waals surface area contributed by atoms with Gasteiger partial charge in [0, 0.05) is 18.0 Å². The van der Waals surface area contributed by atoms with E-state index >= 15 is 0 Å². The summed E-state index contributed by atoms with van der Waals surface area (Å²) in [5, 5.41) is 3.05. The van der Waals surface area contributed by atoms with Gasteiger partial charge in [-0.1, -0.05) is 6.42 Å². The van der Waals surface area contributed by atoms with Crippen LogP contribution in [-0.4, -0.2) is 49.1 Å². The number of nitrogens with one attached hydrogen (secondary N) is 1.